The van der Waals surface area contributed by atoms with Gasteiger partial charge in [-0.2, -0.15) is 5.26 Å². The molecule has 0 aromatic rings. The lowest BCUT2D eigenvalue weighted by Gasteiger charge is -2.21. The van der Waals surface area contributed by atoms with Crippen molar-refractivity contribution in [3.05, 3.63) is 12.2 Å². The number of carbonyl (C=O) groups is 1. The predicted octanol–water partition coefficient (Wildman–Crippen LogP) is 4.05. The van der Waals surface area contributed by atoms with Crippen molar-refractivity contribution in [2.24, 2.45) is 17.8 Å². The highest BCUT2D eigenvalue weighted by atomic mass is 16.4. The number of allylic oxidation sites excluding steroid dienone is 1. The number of carboxylic acid groups (broad SMARTS) is 1. The van der Waals surface area contributed by atoms with Crippen LogP contribution in [0.4, 0.5) is 0 Å². The fourth-order valence-corrected chi connectivity index (χ4v) is 3.85. The molecule has 0 radical (unpaired) electrons. The zero-order valence-corrected chi connectivity index (χ0v) is 16.0. The van der Waals surface area contributed by atoms with E-state index in [2.05, 4.69) is 12.1 Å². The van der Waals surface area contributed by atoms with Crippen LogP contribution in [0.2, 0.25) is 0 Å². The summed E-state index contributed by atoms with van der Waals surface area (Å²) in [5.41, 5.74) is 0. The Balaban J connectivity index is 2.35. The van der Waals surface area contributed by atoms with E-state index in [4.69, 9.17) is 10.4 Å². The minimum absolute atomic E-state index is 0.138. The molecule has 5 unspecified atom stereocenters. The van der Waals surface area contributed by atoms with E-state index in [0.717, 1.165) is 57.8 Å². The molecular formula is C21H35NO4. The second-order valence-electron chi connectivity index (χ2n) is 7.72. The minimum Gasteiger partial charge on any atom is -0.481 e. The molecule has 0 saturated heterocycles. The van der Waals surface area contributed by atoms with Gasteiger partial charge in [0.1, 0.15) is 0 Å². The molecule has 0 amide bonds. The van der Waals surface area contributed by atoms with Crippen LogP contribution < -0.4 is 0 Å². The number of hydrogen-bond acceptors (Lipinski definition) is 4. The third-order valence-corrected chi connectivity index (χ3v) is 5.60. The molecular weight excluding hydrogens is 330 g/mol. The summed E-state index contributed by atoms with van der Waals surface area (Å²) < 4.78 is 0. The topological polar surface area (TPSA) is 102 Å². The lowest BCUT2D eigenvalue weighted by atomic mass is 9.88. The average Bonchev–Trinajstić information content (AvgIpc) is 2.95. The second-order valence-corrected chi connectivity index (χ2v) is 7.72. The van der Waals surface area contributed by atoms with E-state index >= 15 is 0 Å². The number of aliphatic hydroxyl groups excluding tert-OH is 2. The molecule has 0 aromatic carbocycles. The fraction of sp³-hybridized carbons (Fsp3) is 0.810. The van der Waals surface area contributed by atoms with E-state index in [1.165, 1.54) is 0 Å². The Morgan fingerprint density at radius 2 is 1.96 bits per heavy atom. The van der Waals surface area contributed by atoms with Crippen molar-refractivity contribution in [3.63, 3.8) is 0 Å². The van der Waals surface area contributed by atoms with Gasteiger partial charge in [-0.25, -0.2) is 0 Å². The van der Waals surface area contributed by atoms with Gasteiger partial charge in [0, 0.05) is 12.8 Å². The van der Waals surface area contributed by atoms with Gasteiger partial charge in [-0.3, -0.25) is 4.79 Å². The van der Waals surface area contributed by atoms with Crippen LogP contribution in [0, 0.1) is 29.1 Å². The van der Waals surface area contributed by atoms with E-state index in [0.29, 0.717) is 12.3 Å². The summed E-state index contributed by atoms with van der Waals surface area (Å²) in [5, 5.41) is 37.7. The lowest BCUT2D eigenvalue weighted by molar-refractivity contribution is -0.137. The molecule has 1 rings (SSSR count). The quantitative estimate of drug-likeness (QED) is 0.338. The molecule has 5 atom stereocenters. The SMILES string of the molecule is CC(CCCC#N)C(O)C=CC1CCC(O)C1CCCCCCC(=O)O. The van der Waals surface area contributed by atoms with Crippen LogP contribution >= 0.6 is 0 Å². The van der Waals surface area contributed by atoms with E-state index in [9.17, 15) is 15.0 Å². The van der Waals surface area contributed by atoms with Crippen molar-refractivity contribution in [3.8, 4) is 6.07 Å². The molecule has 148 valence electrons. The van der Waals surface area contributed by atoms with Gasteiger partial charge in [0.25, 0.3) is 0 Å². The first-order chi connectivity index (χ1) is 12.5. The van der Waals surface area contributed by atoms with Gasteiger partial charge in [-0.1, -0.05) is 38.3 Å². The largest absolute Gasteiger partial charge is 0.481 e. The van der Waals surface area contributed by atoms with Crippen LogP contribution in [0.25, 0.3) is 0 Å². The number of aliphatic hydroxyl groups is 2. The fourth-order valence-electron chi connectivity index (χ4n) is 3.85. The van der Waals surface area contributed by atoms with E-state index in [1.807, 2.05) is 13.0 Å². The number of nitrogens with zero attached hydrogens (tertiary/aromatic N) is 1. The van der Waals surface area contributed by atoms with Gasteiger partial charge in [-0.05, 0) is 56.3 Å². The standard InChI is InChI=1S/C21H35NO4/c1-16(8-6-7-15-22)19(23)13-11-17-12-14-20(24)18(17)9-4-2-3-5-10-21(25)26/h11,13,16-20,23-24H,2-10,12,14H2,1H3,(H,25,26). The van der Waals surface area contributed by atoms with Gasteiger partial charge in [-0.15, -0.1) is 0 Å². The van der Waals surface area contributed by atoms with Crippen LogP contribution in [0.1, 0.15) is 77.6 Å². The first-order valence-electron chi connectivity index (χ1n) is 10.1. The Bertz CT molecular complexity index is 471. The van der Waals surface area contributed by atoms with E-state index in [-0.39, 0.29) is 24.4 Å². The summed E-state index contributed by atoms with van der Waals surface area (Å²) in [6.45, 7) is 2.00. The maximum atomic E-state index is 10.5. The van der Waals surface area contributed by atoms with E-state index in [1.54, 1.807) is 0 Å². The van der Waals surface area contributed by atoms with Crippen LogP contribution in [0.3, 0.4) is 0 Å². The summed E-state index contributed by atoms with van der Waals surface area (Å²) in [6, 6.07) is 2.13. The molecule has 5 heteroatoms. The Morgan fingerprint density at radius 3 is 2.65 bits per heavy atom. The highest BCUT2D eigenvalue weighted by Gasteiger charge is 2.32. The van der Waals surface area contributed by atoms with Gasteiger partial charge in [0.2, 0.25) is 0 Å². The first-order valence-corrected chi connectivity index (χ1v) is 10.1. The van der Waals surface area contributed by atoms with Gasteiger partial charge in [0.15, 0.2) is 0 Å². The number of hydrogen-bond donors (Lipinski definition) is 3. The van der Waals surface area contributed by atoms with Gasteiger partial charge < -0.3 is 15.3 Å². The van der Waals surface area contributed by atoms with Crippen LogP contribution in [0.15, 0.2) is 12.2 Å². The molecule has 0 aliphatic heterocycles. The molecule has 26 heavy (non-hydrogen) atoms. The average molecular weight is 366 g/mol. The van der Waals surface area contributed by atoms with Crippen molar-refractivity contribution < 1.29 is 20.1 Å². The summed E-state index contributed by atoms with van der Waals surface area (Å²) in [6.07, 6.45) is 12.0. The molecule has 1 fully saturated rings. The maximum Gasteiger partial charge on any atom is 0.303 e. The van der Waals surface area contributed by atoms with Crippen LogP contribution in [-0.2, 0) is 4.79 Å². The molecule has 0 aromatic heterocycles. The molecule has 5 nitrogen and oxygen atoms in total. The maximum absolute atomic E-state index is 10.5. The molecule has 0 heterocycles. The summed E-state index contributed by atoms with van der Waals surface area (Å²) in [7, 11) is 0. The van der Waals surface area contributed by atoms with Crippen molar-refractivity contribution in [1.29, 1.82) is 5.26 Å². The van der Waals surface area contributed by atoms with Crippen molar-refractivity contribution in [1.82, 2.24) is 0 Å². The Morgan fingerprint density at radius 1 is 1.23 bits per heavy atom. The third kappa shape index (κ3) is 8.82. The molecule has 1 aliphatic carbocycles. The number of rotatable bonds is 13. The van der Waals surface area contributed by atoms with Crippen molar-refractivity contribution in [2.45, 2.75) is 89.8 Å². The zero-order chi connectivity index (χ0) is 19.4. The Labute approximate surface area is 157 Å². The van der Waals surface area contributed by atoms with Crippen LogP contribution in [0.5, 0.6) is 0 Å². The van der Waals surface area contributed by atoms with E-state index < -0.39 is 12.1 Å². The molecule has 1 saturated carbocycles. The molecule has 3 N–H and O–H groups in total. The molecule has 1 aliphatic rings. The monoisotopic (exact) mass is 365 g/mol. The minimum atomic E-state index is -0.734. The summed E-state index contributed by atoms with van der Waals surface area (Å²) >= 11 is 0. The lowest BCUT2D eigenvalue weighted by Crippen LogP contribution is -2.19. The molecule has 0 spiro atoms. The number of unbranched alkanes of at least 4 members (excludes halogenated alkanes) is 4. The highest BCUT2D eigenvalue weighted by molar-refractivity contribution is 5.66. The first kappa shape index (κ1) is 22.7. The number of carboxylic acids is 1. The van der Waals surface area contributed by atoms with Crippen LogP contribution in [-0.4, -0.2) is 33.5 Å². The van der Waals surface area contributed by atoms with Crippen molar-refractivity contribution >= 4 is 5.97 Å². The number of aliphatic carboxylic acids is 1. The van der Waals surface area contributed by atoms with Crippen molar-refractivity contribution in [2.75, 3.05) is 0 Å². The number of nitriles is 1. The summed E-state index contributed by atoms with van der Waals surface area (Å²) in [4.78, 5) is 10.5. The van der Waals surface area contributed by atoms with Gasteiger partial charge in [0.05, 0.1) is 18.3 Å². The normalized spacial score (nSPS) is 25.2. The zero-order valence-electron chi connectivity index (χ0n) is 16.0. The Kier molecular flexibility index (Phi) is 11.2. The third-order valence-electron chi connectivity index (χ3n) is 5.60. The van der Waals surface area contributed by atoms with Gasteiger partial charge >= 0.3 is 5.97 Å². The highest BCUT2D eigenvalue weighted by Crippen LogP contribution is 2.37. The molecule has 0 bridgehead atoms. The summed E-state index contributed by atoms with van der Waals surface area (Å²) in [5.74, 6) is -0.0442. The predicted molar refractivity (Wildman–Crippen MR) is 101 cm³/mol. The second kappa shape index (κ2) is 12.9. The Hall–Kier alpha value is -1.38. The smallest absolute Gasteiger partial charge is 0.303 e.